The molecule has 0 saturated heterocycles. The third-order valence-electron chi connectivity index (χ3n) is 4.72. The van der Waals surface area contributed by atoms with Gasteiger partial charge in [-0.3, -0.25) is 4.79 Å². The second-order valence-electron chi connectivity index (χ2n) is 6.82. The second-order valence-corrected chi connectivity index (χ2v) is 6.82. The van der Waals surface area contributed by atoms with Gasteiger partial charge in [-0.25, -0.2) is 13.6 Å². The van der Waals surface area contributed by atoms with Gasteiger partial charge >= 0.3 is 6.03 Å². The summed E-state index contributed by atoms with van der Waals surface area (Å²) in [7, 11) is 0. The highest BCUT2D eigenvalue weighted by Gasteiger charge is 2.17. The minimum Gasteiger partial charge on any atom is -0.369 e. The molecule has 0 aliphatic carbocycles. The molecule has 1 aromatic heterocycles. The molecule has 1 heterocycles. The fraction of sp³-hybridized carbons (Fsp3) is 0.238. The molecule has 3 aromatic rings. The maximum atomic E-state index is 13.2. The molecule has 6 nitrogen and oxygen atoms in total. The average Bonchev–Trinajstić information content (AvgIpc) is 3.08. The molecule has 0 radical (unpaired) electrons. The molecule has 0 bridgehead atoms. The number of H-pyrrole nitrogens is 1. The van der Waals surface area contributed by atoms with E-state index in [-0.39, 0.29) is 18.2 Å². The number of urea groups is 1. The maximum Gasteiger partial charge on any atom is 0.314 e. The van der Waals surface area contributed by atoms with Crippen molar-refractivity contribution in [2.45, 2.75) is 12.8 Å². The van der Waals surface area contributed by atoms with Gasteiger partial charge in [0, 0.05) is 30.2 Å². The van der Waals surface area contributed by atoms with E-state index < -0.39 is 17.9 Å². The minimum absolute atomic E-state index is 0.0743. The van der Waals surface area contributed by atoms with Gasteiger partial charge in [0.15, 0.2) is 0 Å². The zero-order chi connectivity index (χ0) is 20.8. The molecular formula is C21H22F2N4O2. The molecule has 0 saturated carbocycles. The molecule has 5 N–H and O–H groups in total. The summed E-state index contributed by atoms with van der Waals surface area (Å²) in [5.74, 6) is -1.81. The van der Waals surface area contributed by atoms with Gasteiger partial charge < -0.3 is 21.4 Å². The quantitative estimate of drug-likeness (QED) is 0.467. The molecule has 152 valence electrons. The van der Waals surface area contributed by atoms with Crippen LogP contribution in [0.4, 0.5) is 13.6 Å². The van der Waals surface area contributed by atoms with Crippen LogP contribution in [0, 0.1) is 17.6 Å². The van der Waals surface area contributed by atoms with Crippen molar-refractivity contribution in [3.05, 3.63) is 71.4 Å². The van der Waals surface area contributed by atoms with Gasteiger partial charge in [-0.2, -0.15) is 0 Å². The second kappa shape index (κ2) is 9.18. The third kappa shape index (κ3) is 5.54. The number of primary amides is 1. The van der Waals surface area contributed by atoms with Crippen LogP contribution in [0.25, 0.3) is 10.9 Å². The van der Waals surface area contributed by atoms with E-state index in [2.05, 4.69) is 15.6 Å². The van der Waals surface area contributed by atoms with E-state index in [1.54, 1.807) is 24.4 Å². The molecule has 3 rings (SSSR count). The smallest absolute Gasteiger partial charge is 0.314 e. The molecule has 2 aromatic carbocycles. The van der Waals surface area contributed by atoms with E-state index in [4.69, 9.17) is 5.73 Å². The Bertz CT molecular complexity index is 1000. The van der Waals surface area contributed by atoms with E-state index in [1.165, 1.54) is 24.3 Å². The molecule has 0 aliphatic heterocycles. The van der Waals surface area contributed by atoms with Crippen LogP contribution in [0.2, 0.25) is 0 Å². The zero-order valence-corrected chi connectivity index (χ0v) is 15.7. The number of aromatic amines is 1. The van der Waals surface area contributed by atoms with Crippen molar-refractivity contribution in [2.24, 2.45) is 11.7 Å². The number of nitrogens with two attached hydrogens (primary N) is 1. The van der Waals surface area contributed by atoms with Crippen LogP contribution in [0.1, 0.15) is 11.1 Å². The van der Waals surface area contributed by atoms with Crippen LogP contribution in [0.15, 0.2) is 48.7 Å². The number of aromatic nitrogens is 1. The Morgan fingerprint density at radius 1 is 1.03 bits per heavy atom. The Hall–Kier alpha value is -3.42. The molecule has 1 unspecified atom stereocenters. The number of rotatable bonds is 8. The van der Waals surface area contributed by atoms with E-state index in [9.17, 15) is 18.4 Å². The Balaban J connectivity index is 1.46. The number of nitrogens with one attached hydrogen (secondary N) is 3. The largest absolute Gasteiger partial charge is 0.369 e. The van der Waals surface area contributed by atoms with E-state index >= 15 is 0 Å². The number of carbonyl (C=O) groups excluding carboxylic acids is 2. The summed E-state index contributed by atoms with van der Waals surface area (Å²) in [6, 6.07) is 9.88. The van der Waals surface area contributed by atoms with Crippen LogP contribution in [-0.4, -0.2) is 30.0 Å². The van der Waals surface area contributed by atoms with Crippen molar-refractivity contribution in [3.63, 3.8) is 0 Å². The van der Waals surface area contributed by atoms with Gasteiger partial charge in [-0.15, -0.1) is 0 Å². The number of hydrogen-bond acceptors (Lipinski definition) is 2. The van der Waals surface area contributed by atoms with Gasteiger partial charge in [-0.05, 0) is 54.3 Å². The summed E-state index contributed by atoms with van der Waals surface area (Å²) >= 11 is 0. The Kier molecular flexibility index (Phi) is 6.43. The number of amides is 3. The third-order valence-corrected chi connectivity index (χ3v) is 4.72. The fourth-order valence-electron chi connectivity index (χ4n) is 3.13. The lowest BCUT2D eigenvalue weighted by Crippen LogP contribution is -2.42. The van der Waals surface area contributed by atoms with Crippen molar-refractivity contribution in [1.82, 2.24) is 15.6 Å². The Morgan fingerprint density at radius 3 is 2.48 bits per heavy atom. The van der Waals surface area contributed by atoms with Gasteiger partial charge in [-0.1, -0.05) is 12.1 Å². The molecule has 8 heteroatoms. The summed E-state index contributed by atoms with van der Waals surface area (Å²) in [4.78, 5) is 26.7. The van der Waals surface area contributed by atoms with Crippen LogP contribution in [0.5, 0.6) is 0 Å². The number of fused-ring (bicyclic) bond motifs is 1. The summed E-state index contributed by atoms with van der Waals surface area (Å²) in [5, 5.41) is 6.27. The van der Waals surface area contributed by atoms with Gasteiger partial charge in [0.1, 0.15) is 11.6 Å². The lowest BCUT2D eigenvalue weighted by Gasteiger charge is -2.15. The standard InChI is InChI=1S/C21H22F2N4O2/c22-16-3-1-13(2-4-16)9-15(20(24)28)12-27-21(29)25-8-7-14-11-26-19-10-17(23)5-6-18(14)19/h1-6,10-11,15,26H,7-9,12H2,(H2,24,28)(H2,25,27,29). The molecule has 0 aliphatic rings. The molecule has 0 spiro atoms. The van der Waals surface area contributed by atoms with Crippen LogP contribution >= 0.6 is 0 Å². The number of benzene rings is 2. The number of halogens is 2. The molecule has 1 atom stereocenters. The highest BCUT2D eigenvalue weighted by atomic mass is 19.1. The molecule has 0 fully saturated rings. The summed E-state index contributed by atoms with van der Waals surface area (Å²) in [6.07, 6.45) is 2.66. The van der Waals surface area contributed by atoms with Crippen molar-refractivity contribution in [1.29, 1.82) is 0 Å². The lowest BCUT2D eigenvalue weighted by molar-refractivity contribution is -0.121. The van der Waals surface area contributed by atoms with Crippen LogP contribution in [-0.2, 0) is 17.6 Å². The topological polar surface area (TPSA) is 100 Å². The normalized spacial score (nSPS) is 11.9. The Morgan fingerprint density at radius 2 is 1.76 bits per heavy atom. The monoisotopic (exact) mass is 400 g/mol. The summed E-state index contributed by atoms with van der Waals surface area (Å²) in [6.45, 7) is 0.445. The molecule has 29 heavy (non-hydrogen) atoms. The van der Waals surface area contributed by atoms with Gasteiger partial charge in [0.2, 0.25) is 5.91 Å². The first kappa shape index (κ1) is 20.3. The molecule has 3 amide bonds. The zero-order valence-electron chi connectivity index (χ0n) is 15.7. The van der Waals surface area contributed by atoms with Crippen LogP contribution < -0.4 is 16.4 Å². The first-order chi connectivity index (χ1) is 13.9. The van der Waals surface area contributed by atoms with Crippen molar-refractivity contribution in [3.8, 4) is 0 Å². The van der Waals surface area contributed by atoms with Crippen molar-refractivity contribution >= 4 is 22.8 Å². The lowest BCUT2D eigenvalue weighted by atomic mass is 9.98. The summed E-state index contributed by atoms with van der Waals surface area (Å²) in [5.41, 5.74) is 7.84. The van der Waals surface area contributed by atoms with E-state index in [1.807, 2.05) is 0 Å². The first-order valence-electron chi connectivity index (χ1n) is 9.23. The van der Waals surface area contributed by atoms with E-state index in [0.717, 1.165) is 16.5 Å². The maximum absolute atomic E-state index is 13.2. The van der Waals surface area contributed by atoms with E-state index in [0.29, 0.717) is 24.9 Å². The predicted octanol–water partition coefficient (Wildman–Crippen LogP) is 2.63. The number of carbonyl (C=O) groups is 2. The molecular weight excluding hydrogens is 378 g/mol. The van der Waals surface area contributed by atoms with Crippen molar-refractivity contribution in [2.75, 3.05) is 13.1 Å². The number of hydrogen-bond donors (Lipinski definition) is 4. The predicted molar refractivity (Wildman–Crippen MR) is 106 cm³/mol. The van der Waals surface area contributed by atoms with Gasteiger partial charge in [0.05, 0.1) is 5.92 Å². The highest BCUT2D eigenvalue weighted by molar-refractivity contribution is 5.83. The average molecular weight is 400 g/mol. The fourth-order valence-corrected chi connectivity index (χ4v) is 3.13. The Labute approximate surface area is 166 Å². The van der Waals surface area contributed by atoms with Crippen molar-refractivity contribution < 1.29 is 18.4 Å². The van der Waals surface area contributed by atoms with Gasteiger partial charge in [0.25, 0.3) is 0 Å². The summed E-state index contributed by atoms with van der Waals surface area (Å²) < 4.78 is 26.2. The van der Waals surface area contributed by atoms with Crippen LogP contribution in [0.3, 0.4) is 0 Å². The first-order valence-corrected chi connectivity index (χ1v) is 9.23. The minimum atomic E-state index is -0.602. The highest BCUT2D eigenvalue weighted by Crippen LogP contribution is 2.19. The SMILES string of the molecule is NC(=O)C(CNC(=O)NCCc1c[nH]c2cc(F)ccc12)Cc1ccc(F)cc1.